The van der Waals surface area contributed by atoms with Gasteiger partial charge < -0.3 is 0 Å². The maximum Gasteiger partial charge on any atom is 0.331 e. The summed E-state index contributed by atoms with van der Waals surface area (Å²) in [6.07, 6.45) is 1.40. The molecule has 0 spiro atoms. The Balaban J connectivity index is 3.00. The number of halogens is 1. The van der Waals surface area contributed by atoms with Gasteiger partial charge in [-0.15, -0.1) is 5.53 Å². The first-order chi connectivity index (χ1) is 6.63. The highest BCUT2D eigenvalue weighted by molar-refractivity contribution is 9.10. The number of carbonyl (C=O) groups excluding carboxylic acids is 1. The average Bonchev–Trinajstić information content (AvgIpc) is 2.17. The third kappa shape index (κ3) is 2.88. The molecule has 0 aliphatic carbocycles. The van der Waals surface area contributed by atoms with Crippen LogP contribution in [0.25, 0.3) is 5.57 Å². The Kier molecular flexibility index (Phi) is 3.71. The van der Waals surface area contributed by atoms with Gasteiger partial charge in [0.15, 0.2) is 0 Å². The van der Waals surface area contributed by atoms with E-state index in [1.54, 1.807) is 0 Å². The number of nitrogens with two attached hydrogens (primary N) is 1. The van der Waals surface area contributed by atoms with E-state index < -0.39 is 5.91 Å². The van der Waals surface area contributed by atoms with Crippen molar-refractivity contribution in [2.75, 3.05) is 0 Å². The molecule has 4 heteroatoms. The first-order valence-electron chi connectivity index (χ1n) is 4.02. The molecule has 1 aromatic rings. The van der Waals surface area contributed by atoms with E-state index in [1.165, 1.54) is 6.08 Å². The molecule has 1 aromatic carbocycles. The van der Waals surface area contributed by atoms with Gasteiger partial charge in [0.05, 0.1) is 0 Å². The van der Waals surface area contributed by atoms with Crippen LogP contribution < -0.4 is 5.53 Å². The van der Waals surface area contributed by atoms with Gasteiger partial charge >= 0.3 is 5.91 Å². The van der Waals surface area contributed by atoms with Crippen molar-refractivity contribution in [2.45, 2.75) is 6.92 Å². The Morgan fingerprint density at radius 3 is 2.86 bits per heavy atom. The van der Waals surface area contributed by atoms with Crippen LogP contribution in [0.15, 0.2) is 39.9 Å². The highest BCUT2D eigenvalue weighted by Gasteiger charge is 2.00. The van der Waals surface area contributed by atoms with Gasteiger partial charge in [0.25, 0.3) is 0 Å². The lowest BCUT2D eigenvalue weighted by atomic mass is 10.1. The van der Waals surface area contributed by atoms with Crippen molar-refractivity contribution in [3.05, 3.63) is 40.4 Å². The first-order valence-corrected chi connectivity index (χ1v) is 4.82. The van der Waals surface area contributed by atoms with Gasteiger partial charge in [-0.2, -0.15) is 0 Å². The van der Waals surface area contributed by atoms with E-state index in [2.05, 4.69) is 21.0 Å². The standard InChI is InChI=1S/C10H9BrN2O/c1-7(5-10(14)13-12)8-3-2-4-9(11)6-8/h2-6,12H,1H3/p+1/b7-5+,13-12?. The van der Waals surface area contributed by atoms with Crippen LogP contribution in [0, 0.1) is 0 Å². The fraction of sp³-hybridized carbons (Fsp3) is 0.100. The molecular weight excluding hydrogens is 244 g/mol. The molecule has 72 valence electrons. The number of hydrogen-bond donors (Lipinski definition) is 1. The summed E-state index contributed by atoms with van der Waals surface area (Å²) in [5.74, 6) is -0.428. The van der Waals surface area contributed by atoms with Crippen LogP contribution in [0.1, 0.15) is 12.5 Å². The quantitative estimate of drug-likeness (QED) is 0.632. The third-order valence-electron chi connectivity index (χ3n) is 1.75. The minimum Gasteiger partial charge on any atom is -0.261 e. The number of allylic oxidation sites excluding steroid dienone is 1. The smallest absolute Gasteiger partial charge is 0.261 e. The maximum absolute atomic E-state index is 10.9. The maximum atomic E-state index is 10.9. The second-order valence-electron chi connectivity index (χ2n) is 2.81. The highest BCUT2D eigenvalue weighted by atomic mass is 79.9. The van der Waals surface area contributed by atoms with Crippen LogP contribution in [-0.4, -0.2) is 5.91 Å². The minimum atomic E-state index is -0.428. The van der Waals surface area contributed by atoms with E-state index in [-0.39, 0.29) is 0 Å². The molecule has 1 amide bonds. The predicted molar refractivity (Wildman–Crippen MR) is 57.2 cm³/mol. The summed E-state index contributed by atoms with van der Waals surface area (Å²) in [5.41, 5.74) is 6.66. The van der Waals surface area contributed by atoms with Crippen molar-refractivity contribution in [2.24, 2.45) is 5.11 Å². The van der Waals surface area contributed by atoms with Crippen LogP contribution >= 0.6 is 15.9 Å². The molecule has 14 heavy (non-hydrogen) atoms. The lowest BCUT2D eigenvalue weighted by Gasteiger charge is -1.99. The van der Waals surface area contributed by atoms with Gasteiger partial charge in [-0.05, 0) is 30.2 Å². The predicted octanol–water partition coefficient (Wildman–Crippen LogP) is 1.59. The number of hydrogen-bond acceptors (Lipinski definition) is 1. The Bertz CT molecular complexity index is 399. The summed E-state index contributed by atoms with van der Waals surface area (Å²) in [6, 6.07) is 7.67. The molecule has 0 radical (unpaired) electrons. The van der Waals surface area contributed by atoms with Gasteiger partial charge in [0.2, 0.25) is 0 Å². The SMILES string of the molecule is C/C(=C\C(=O)N=[NH2+])c1cccc(Br)c1. The fourth-order valence-electron chi connectivity index (χ4n) is 1.04. The lowest BCUT2D eigenvalue weighted by molar-refractivity contribution is -0.220. The van der Waals surface area contributed by atoms with Crippen molar-refractivity contribution in [1.29, 1.82) is 0 Å². The van der Waals surface area contributed by atoms with Gasteiger partial charge in [0.1, 0.15) is 0 Å². The topological polar surface area (TPSA) is 55.0 Å². The van der Waals surface area contributed by atoms with Crippen molar-refractivity contribution < 1.29 is 10.3 Å². The fourth-order valence-corrected chi connectivity index (χ4v) is 1.44. The van der Waals surface area contributed by atoms with E-state index in [4.69, 9.17) is 5.53 Å². The number of nitrogens with zero attached hydrogens (tertiary/aromatic N) is 1. The molecule has 0 fully saturated rings. The summed E-state index contributed by atoms with van der Waals surface area (Å²) >= 11 is 3.35. The second-order valence-corrected chi connectivity index (χ2v) is 3.72. The molecule has 0 saturated carbocycles. The van der Waals surface area contributed by atoms with E-state index in [0.29, 0.717) is 0 Å². The Labute approximate surface area is 90.5 Å². The number of amides is 1. The zero-order valence-corrected chi connectivity index (χ0v) is 9.28. The van der Waals surface area contributed by atoms with Crippen molar-refractivity contribution in [3.8, 4) is 0 Å². The normalized spacial score (nSPS) is 11.1. The average molecular weight is 254 g/mol. The van der Waals surface area contributed by atoms with Gasteiger partial charge in [-0.25, -0.2) is 0 Å². The molecule has 0 saturated heterocycles. The third-order valence-corrected chi connectivity index (χ3v) is 2.24. The van der Waals surface area contributed by atoms with Crippen molar-refractivity contribution >= 4 is 27.4 Å². The summed E-state index contributed by atoms with van der Waals surface area (Å²) in [4.78, 5) is 10.9. The Morgan fingerprint density at radius 1 is 1.57 bits per heavy atom. The van der Waals surface area contributed by atoms with E-state index in [1.807, 2.05) is 31.2 Å². The Morgan fingerprint density at radius 2 is 2.29 bits per heavy atom. The van der Waals surface area contributed by atoms with Gasteiger partial charge in [0, 0.05) is 15.7 Å². The monoisotopic (exact) mass is 253 g/mol. The number of rotatable bonds is 2. The molecule has 0 aliphatic heterocycles. The van der Waals surface area contributed by atoms with E-state index in [9.17, 15) is 4.79 Å². The van der Waals surface area contributed by atoms with Crippen LogP contribution in [0.5, 0.6) is 0 Å². The zero-order chi connectivity index (χ0) is 10.6. The van der Waals surface area contributed by atoms with Gasteiger partial charge in [-0.1, -0.05) is 28.1 Å². The summed E-state index contributed by atoms with van der Waals surface area (Å²) in [5, 5.41) is 3.05. The molecule has 0 heterocycles. The van der Waals surface area contributed by atoms with Crippen LogP contribution in [0.2, 0.25) is 0 Å². The molecule has 2 N–H and O–H groups in total. The minimum absolute atomic E-state index is 0.428. The summed E-state index contributed by atoms with van der Waals surface area (Å²) < 4.78 is 0.972. The molecule has 0 bridgehead atoms. The summed E-state index contributed by atoms with van der Waals surface area (Å²) in [6.45, 7) is 1.84. The molecule has 0 unspecified atom stereocenters. The van der Waals surface area contributed by atoms with Gasteiger partial charge in [-0.3, -0.25) is 4.79 Å². The molecule has 0 atom stereocenters. The molecule has 0 aromatic heterocycles. The van der Waals surface area contributed by atoms with Crippen molar-refractivity contribution in [3.63, 3.8) is 0 Å². The molecule has 0 aliphatic rings. The van der Waals surface area contributed by atoms with Crippen LogP contribution in [0.4, 0.5) is 0 Å². The van der Waals surface area contributed by atoms with Crippen LogP contribution in [-0.2, 0) is 4.79 Å². The number of carbonyl (C=O) groups is 1. The second kappa shape index (κ2) is 4.81. The molecule has 3 nitrogen and oxygen atoms in total. The molecule has 1 rings (SSSR count). The largest absolute Gasteiger partial charge is 0.331 e. The number of benzene rings is 1. The zero-order valence-electron chi connectivity index (χ0n) is 7.70. The highest BCUT2D eigenvalue weighted by Crippen LogP contribution is 2.18. The lowest BCUT2D eigenvalue weighted by Crippen LogP contribution is -2.25. The van der Waals surface area contributed by atoms with E-state index in [0.717, 1.165) is 15.6 Å². The first kappa shape index (κ1) is 10.8. The Hall–Kier alpha value is -1.29. The molecular formula is C10H10BrN2O+. The van der Waals surface area contributed by atoms with Crippen molar-refractivity contribution in [1.82, 2.24) is 0 Å². The van der Waals surface area contributed by atoms with Crippen LogP contribution in [0.3, 0.4) is 0 Å². The van der Waals surface area contributed by atoms with E-state index >= 15 is 0 Å². The summed E-state index contributed by atoms with van der Waals surface area (Å²) in [7, 11) is 0.